The number of nitriles is 1. The van der Waals surface area contributed by atoms with Crippen LogP contribution in [0.15, 0.2) is 72.3 Å². The van der Waals surface area contributed by atoms with Gasteiger partial charge in [-0.1, -0.05) is 36.9 Å². The minimum Gasteiger partial charge on any atom is -0.458 e. The molecule has 2 N–H and O–H groups in total. The lowest BCUT2D eigenvalue weighted by Gasteiger charge is -2.35. The van der Waals surface area contributed by atoms with E-state index in [9.17, 15) is 14.9 Å². The third kappa shape index (κ3) is 2.42. The monoisotopic (exact) mass is 377 g/mol. The highest BCUT2D eigenvalue weighted by Gasteiger charge is 2.61. The van der Waals surface area contributed by atoms with E-state index < -0.39 is 17.3 Å². The lowest BCUT2D eigenvalue weighted by molar-refractivity contribution is -0.140. The third-order valence-electron chi connectivity index (χ3n) is 4.80. The number of carbonyl (C=O) groups is 2. The number of nitrogens with zero attached hydrogens (tertiary/aromatic N) is 2. The van der Waals surface area contributed by atoms with Crippen LogP contribution < -0.4 is 10.5 Å². The van der Waals surface area contributed by atoms with Crippen LogP contribution in [0.2, 0.25) is 0 Å². The Morgan fingerprint density at radius 2 is 2.11 bits per heavy atom. The van der Waals surface area contributed by atoms with Crippen LogP contribution in [0, 0.1) is 11.3 Å². The Labute approximate surface area is 162 Å². The first-order valence-electron chi connectivity index (χ1n) is 8.55. The van der Waals surface area contributed by atoms with E-state index in [-0.39, 0.29) is 30.2 Å². The van der Waals surface area contributed by atoms with E-state index in [1.165, 1.54) is 17.1 Å². The van der Waals surface area contributed by atoms with Gasteiger partial charge in [-0.25, -0.2) is 4.79 Å². The maximum atomic E-state index is 13.7. The minimum atomic E-state index is -1.74. The SMILES string of the molecule is C=CCOC(=O)C1=C(C)N(CC=C)C(=O)[C@]12C(C#N)=C(N)Oc1ccccc12. The standard InChI is InChI=1S/C21H19N3O4/c1-4-10-24-13(3)17(19(25)27-11-5-2)21(20(24)26)14-8-6-7-9-16(14)28-18(23)15(21)12-22/h4-9H,1-2,10-11,23H2,3H3/t21-/m1/s1. The molecule has 142 valence electrons. The lowest BCUT2D eigenvalue weighted by atomic mass is 9.68. The molecule has 3 rings (SSSR count). The predicted molar refractivity (Wildman–Crippen MR) is 101 cm³/mol. The Morgan fingerprint density at radius 1 is 1.39 bits per heavy atom. The summed E-state index contributed by atoms with van der Waals surface area (Å²) >= 11 is 0. The summed E-state index contributed by atoms with van der Waals surface area (Å²) in [7, 11) is 0. The minimum absolute atomic E-state index is 0.0384. The highest BCUT2D eigenvalue weighted by atomic mass is 16.5. The van der Waals surface area contributed by atoms with Gasteiger partial charge in [-0.3, -0.25) is 4.79 Å². The molecule has 7 heteroatoms. The van der Waals surface area contributed by atoms with Gasteiger partial charge in [0.2, 0.25) is 11.8 Å². The van der Waals surface area contributed by atoms with Gasteiger partial charge in [-0.15, -0.1) is 6.58 Å². The maximum Gasteiger partial charge on any atom is 0.337 e. The Hall–Kier alpha value is -3.79. The first-order valence-corrected chi connectivity index (χ1v) is 8.55. The van der Waals surface area contributed by atoms with Crippen LogP contribution in [-0.4, -0.2) is 29.9 Å². The molecule has 2 aliphatic heterocycles. The molecular formula is C21H19N3O4. The predicted octanol–water partition coefficient (Wildman–Crippen LogP) is 2.04. The summed E-state index contributed by atoms with van der Waals surface area (Å²) in [6, 6.07) is 8.66. The number of nitrogens with two attached hydrogens (primary N) is 1. The highest BCUT2D eigenvalue weighted by molar-refractivity contribution is 6.12. The van der Waals surface area contributed by atoms with E-state index in [2.05, 4.69) is 13.2 Å². The second-order valence-electron chi connectivity index (χ2n) is 6.25. The fourth-order valence-electron chi connectivity index (χ4n) is 3.70. The van der Waals surface area contributed by atoms with Gasteiger partial charge >= 0.3 is 5.97 Å². The van der Waals surface area contributed by atoms with Crippen LogP contribution >= 0.6 is 0 Å². The molecule has 0 aromatic heterocycles. The molecule has 1 atom stereocenters. The van der Waals surface area contributed by atoms with Crippen LogP contribution in [0.3, 0.4) is 0 Å². The molecular weight excluding hydrogens is 358 g/mol. The number of ether oxygens (including phenoxy) is 2. The molecule has 1 amide bonds. The molecule has 0 fully saturated rings. The number of rotatable bonds is 5. The molecule has 0 aliphatic carbocycles. The molecule has 0 saturated heterocycles. The number of benzene rings is 1. The first kappa shape index (κ1) is 19.0. The number of fused-ring (bicyclic) bond motifs is 2. The van der Waals surface area contributed by atoms with Crippen molar-refractivity contribution in [2.75, 3.05) is 13.2 Å². The molecule has 1 aromatic carbocycles. The summed E-state index contributed by atoms with van der Waals surface area (Å²) in [5, 5.41) is 9.86. The van der Waals surface area contributed by atoms with E-state index in [4.69, 9.17) is 15.2 Å². The Bertz CT molecular complexity index is 999. The second kappa shape index (κ2) is 7.08. The van der Waals surface area contributed by atoms with Gasteiger partial charge in [-0.2, -0.15) is 5.26 Å². The van der Waals surface area contributed by atoms with Gasteiger partial charge in [0.1, 0.15) is 24.0 Å². The molecule has 0 unspecified atom stereocenters. The Kier molecular flexibility index (Phi) is 4.80. The fourth-order valence-corrected chi connectivity index (χ4v) is 3.70. The number of esters is 1. The number of allylic oxidation sites excluding steroid dienone is 1. The molecule has 0 bridgehead atoms. The normalized spacial score (nSPS) is 20.6. The largest absolute Gasteiger partial charge is 0.458 e. The van der Waals surface area contributed by atoms with Crippen LogP contribution in [0.25, 0.3) is 0 Å². The van der Waals surface area contributed by atoms with Crippen molar-refractivity contribution in [1.29, 1.82) is 5.26 Å². The van der Waals surface area contributed by atoms with Crippen molar-refractivity contribution >= 4 is 11.9 Å². The smallest absolute Gasteiger partial charge is 0.337 e. The second-order valence-corrected chi connectivity index (χ2v) is 6.25. The summed E-state index contributed by atoms with van der Waals surface area (Å²) < 4.78 is 10.8. The average Bonchev–Trinajstić information content (AvgIpc) is 2.89. The van der Waals surface area contributed by atoms with Gasteiger partial charge in [0.05, 0.1) is 5.57 Å². The van der Waals surface area contributed by atoms with Crippen molar-refractivity contribution in [3.63, 3.8) is 0 Å². The molecule has 0 saturated carbocycles. The number of para-hydroxylation sites is 1. The number of hydrogen-bond acceptors (Lipinski definition) is 6. The van der Waals surface area contributed by atoms with Gasteiger partial charge in [-0.05, 0) is 13.0 Å². The van der Waals surface area contributed by atoms with Crippen molar-refractivity contribution in [2.24, 2.45) is 5.73 Å². The van der Waals surface area contributed by atoms with E-state index in [1.807, 2.05) is 6.07 Å². The molecule has 1 spiro atoms. The molecule has 28 heavy (non-hydrogen) atoms. The highest BCUT2D eigenvalue weighted by Crippen LogP contribution is 2.53. The maximum absolute atomic E-state index is 13.7. The van der Waals surface area contributed by atoms with E-state index in [0.29, 0.717) is 17.0 Å². The number of carbonyl (C=O) groups excluding carboxylic acids is 2. The third-order valence-corrected chi connectivity index (χ3v) is 4.80. The van der Waals surface area contributed by atoms with Gasteiger partial charge < -0.3 is 20.1 Å². The molecule has 7 nitrogen and oxygen atoms in total. The molecule has 2 aliphatic rings. The van der Waals surface area contributed by atoms with Crippen molar-refractivity contribution in [3.05, 3.63) is 77.9 Å². The first-order chi connectivity index (χ1) is 13.4. The van der Waals surface area contributed by atoms with E-state index >= 15 is 0 Å². The summed E-state index contributed by atoms with van der Waals surface area (Å²) in [6.07, 6.45) is 2.96. The summed E-state index contributed by atoms with van der Waals surface area (Å²) in [5.74, 6) is -1.13. The van der Waals surface area contributed by atoms with Crippen LogP contribution in [-0.2, 0) is 19.7 Å². The van der Waals surface area contributed by atoms with Gasteiger partial charge in [0, 0.05) is 17.8 Å². The molecule has 1 aromatic rings. The Balaban J connectivity index is 2.39. The zero-order valence-electron chi connectivity index (χ0n) is 15.4. The molecule has 2 heterocycles. The van der Waals surface area contributed by atoms with E-state index in [0.717, 1.165) is 0 Å². The van der Waals surface area contributed by atoms with Crippen LogP contribution in [0.5, 0.6) is 5.75 Å². The van der Waals surface area contributed by atoms with Crippen LogP contribution in [0.1, 0.15) is 12.5 Å². The van der Waals surface area contributed by atoms with E-state index in [1.54, 1.807) is 31.2 Å². The van der Waals surface area contributed by atoms with Crippen LogP contribution in [0.4, 0.5) is 0 Å². The fraction of sp³-hybridized carbons (Fsp3) is 0.190. The van der Waals surface area contributed by atoms with Crippen molar-refractivity contribution in [2.45, 2.75) is 12.3 Å². The number of amides is 1. The zero-order valence-corrected chi connectivity index (χ0v) is 15.4. The zero-order chi connectivity index (χ0) is 20.5. The summed E-state index contributed by atoms with van der Waals surface area (Å²) in [4.78, 5) is 28.1. The Morgan fingerprint density at radius 3 is 2.75 bits per heavy atom. The topological polar surface area (TPSA) is 106 Å². The van der Waals surface area contributed by atoms with Gasteiger partial charge in [0.25, 0.3) is 0 Å². The lowest BCUT2D eigenvalue weighted by Crippen LogP contribution is -2.47. The summed E-state index contributed by atoms with van der Waals surface area (Å²) in [5.41, 5.74) is 4.89. The number of hydrogen-bond donors (Lipinski definition) is 1. The van der Waals surface area contributed by atoms with Gasteiger partial charge in [0.15, 0.2) is 5.41 Å². The van der Waals surface area contributed by atoms with Crippen molar-refractivity contribution in [3.8, 4) is 11.8 Å². The summed E-state index contributed by atoms with van der Waals surface area (Å²) in [6.45, 7) is 8.95. The van der Waals surface area contributed by atoms with Crippen molar-refractivity contribution in [1.82, 2.24) is 4.90 Å². The quantitative estimate of drug-likeness (QED) is 0.622. The molecule has 0 radical (unpaired) electrons. The van der Waals surface area contributed by atoms with Crippen molar-refractivity contribution < 1.29 is 19.1 Å². The average molecular weight is 377 g/mol.